The smallest absolute Gasteiger partial charge is 0.0246 e. The first-order chi connectivity index (χ1) is 25.9. The molecular weight excluding hydrogens is 643 g/mol. The van der Waals surface area contributed by atoms with E-state index in [4.69, 9.17) is 0 Å². The van der Waals surface area contributed by atoms with Crippen LogP contribution in [0, 0.1) is 0 Å². The van der Waals surface area contributed by atoms with Crippen LogP contribution in [0.1, 0.15) is 83.3 Å². The minimum Gasteiger partial charge on any atom is -0.292 e. The second-order valence-electron chi connectivity index (χ2n) is 16.5. The van der Waals surface area contributed by atoms with Crippen LogP contribution in [-0.4, -0.2) is 32.8 Å². The molecule has 3 nitrogen and oxygen atoms in total. The van der Waals surface area contributed by atoms with Crippen molar-refractivity contribution in [2.24, 2.45) is 0 Å². The van der Waals surface area contributed by atoms with Crippen LogP contribution in [0.25, 0.3) is 21.9 Å². The Hall–Kier alpha value is -4.54. The average Bonchev–Trinajstić information content (AvgIpc) is 3.31. The lowest BCUT2D eigenvalue weighted by atomic mass is 9.90. The van der Waals surface area contributed by atoms with Gasteiger partial charge in [-0.3, -0.25) is 14.7 Å². The van der Waals surface area contributed by atoms with Gasteiger partial charge < -0.3 is 0 Å². The summed E-state index contributed by atoms with van der Waals surface area (Å²) in [5, 5.41) is 2.85. The standard InChI is InChI=1S/C50H53N3/c1-34(2)51-30-44-21-19-38(24-36(4)53-31-45-17-9-15-39-16-10-18-46(32-53)50(39)45)26-49(44)48-22-20-37(25-47(48)33-51)23-35(3)52-28-42-13-7-5-11-40(42)27-41-12-6-8-14-43(41)29-52/h5-22,25-26,34-36H,23-24,27-33H2,1-4H3. The van der Waals surface area contributed by atoms with Gasteiger partial charge in [-0.1, -0.05) is 121 Å². The highest BCUT2D eigenvalue weighted by molar-refractivity contribution is 5.89. The molecule has 3 aliphatic heterocycles. The molecule has 0 radical (unpaired) electrons. The van der Waals surface area contributed by atoms with Gasteiger partial charge in [0.2, 0.25) is 0 Å². The Morgan fingerprint density at radius 2 is 0.906 bits per heavy atom. The van der Waals surface area contributed by atoms with Crippen LogP contribution < -0.4 is 0 Å². The molecule has 0 amide bonds. The number of fused-ring (bicyclic) bond motifs is 5. The molecule has 3 heterocycles. The second-order valence-corrected chi connectivity index (χ2v) is 16.5. The van der Waals surface area contributed by atoms with Crippen molar-refractivity contribution in [1.29, 1.82) is 0 Å². The number of nitrogens with zero attached hydrogens (tertiary/aromatic N) is 3. The summed E-state index contributed by atoms with van der Waals surface area (Å²) < 4.78 is 0. The molecular formula is C50H53N3. The molecule has 268 valence electrons. The monoisotopic (exact) mass is 695 g/mol. The lowest BCUT2D eigenvalue weighted by molar-refractivity contribution is 0.186. The fraction of sp³-hybridized carbons (Fsp3) is 0.320. The highest BCUT2D eigenvalue weighted by Crippen LogP contribution is 2.37. The van der Waals surface area contributed by atoms with Crippen molar-refractivity contribution < 1.29 is 0 Å². The summed E-state index contributed by atoms with van der Waals surface area (Å²) in [5.74, 6) is 0. The fourth-order valence-corrected chi connectivity index (χ4v) is 9.46. The first-order valence-corrected chi connectivity index (χ1v) is 20.0. The fourth-order valence-electron chi connectivity index (χ4n) is 9.46. The molecule has 0 aliphatic carbocycles. The third kappa shape index (κ3) is 6.87. The highest BCUT2D eigenvalue weighted by atomic mass is 15.2. The van der Waals surface area contributed by atoms with Crippen LogP contribution in [0.2, 0.25) is 0 Å². The molecule has 0 fully saturated rings. The van der Waals surface area contributed by atoms with Gasteiger partial charge in [0, 0.05) is 57.4 Å². The van der Waals surface area contributed by atoms with Crippen molar-refractivity contribution in [2.45, 2.75) is 104 Å². The summed E-state index contributed by atoms with van der Waals surface area (Å²) in [4.78, 5) is 8.03. The molecule has 0 bridgehead atoms. The van der Waals surface area contributed by atoms with E-state index >= 15 is 0 Å². The third-order valence-electron chi connectivity index (χ3n) is 12.6. The molecule has 6 aromatic rings. The van der Waals surface area contributed by atoms with Crippen LogP contribution in [0.4, 0.5) is 0 Å². The van der Waals surface area contributed by atoms with Crippen LogP contribution in [0.3, 0.4) is 0 Å². The molecule has 53 heavy (non-hydrogen) atoms. The van der Waals surface area contributed by atoms with Gasteiger partial charge in [-0.05, 0) is 124 Å². The molecule has 2 unspecified atom stereocenters. The molecule has 0 aromatic heterocycles. The number of benzene rings is 6. The Bertz CT molecular complexity index is 2200. The van der Waals surface area contributed by atoms with Gasteiger partial charge in [-0.15, -0.1) is 0 Å². The van der Waals surface area contributed by atoms with Gasteiger partial charge in [0.1, 0.15) is 0 Å². The minimum atomic E-state index is 0.411. The maximum atomic E-state index is 2.70. The van der Waals surface area contributed by atoms with Crippen molar-refractivity contribution >= 4 is 10.8 Å². The number of rotatable bonds is 7. The van der Waals surface area contributed by atoms with E-state index in [0.29, 0.717) is 18.1 Å². The summed E-state index contributed by atoms with van der Waals surface area (Å²) in [7, 11) is 0. The van der Waals surface area contributed by atoms with Crippen molar-refractivity contribution in [3.63, 3.8) is 0 Å². The molecule has 0 N–H and O–H groups in total. The summed E-state index contributed by atoms with van der Waals surface area (Å²) in [6.07, 6.45) is 3.11. The lowest BCUT2D eigenvalue weighted by Crippen LogP contribution is -2.35. The summed E-state index contributed by atoms with van der Waals surface area (Å²) >= 11 is 0. The van der Waals surface area contributed by atoms with E-state index in [1.807, 2.05) is 0 Å². The van der Waals surface area contributed by atoms with Gasteiger partial charge >= 0.3 is 0 Å². The zero-order chi connectivity index (χ0) is 36.1. The van der Waals surface area contributed by atoms with E-state index in [9.17, 15) is 0 Å². The van der Waals surface area contributed by atoms with Crippen molar-refractivity contribution in [3.8, 4) is 11.1 Å². The molecule has 0 spiro atoms. The first kappa shape index (κ1) is 34.2. The zero-order valence-corrected chi connectivity index (χ0v) is 32.0. The molecule has 3 heteroatoms. The molecule has 0 saturated carbocycles. The normalized spacial score (nSPS) is 17.2. The maximum Gasteiger partial charge on any atom is 0.0246 e. The van der Waals surface area contributed by atoms with E-state index < -0.39 is 0 Å². The quantitative estimate of drug-likeness (QED) is 0.165. The van der Waals surface area contributed by atoms with Crippen LogP contribution in [0.15, 0.2) is 121 Å². The average molecular weight is 696 g/mol. The second kappa shape index (κ2) is 14.4. The molecule has 2 atom stereocenters. The predicted octanol–water partition coefficient (Wildman–Crippen LogP) is 10.7. The Balaban J connectivity index is 0.975. The van der Waals surface area contributed by atoms with Gasteiger partial charge in [0.05, 0.1) is 0 Å². The van der Waals surface area contributed by atoms with E-state index in [2.05, 4.69) is 164 Å². The van der Waals surface area contributed by atoms with Crippen molar-refractivity contribution in [1.82, 2.24) is 14.7 Å². The maximum absolute atomic E-state index is 2.70. The van der Waals surface area contributed by atoms with Gasteiger partial charge in [-0.25, -0.2) is 0 Å². The Kier molecular flexibility index (Phi) is 9.28. The highest BCUT2D eigenvalue weighted by Gasteiger charge is 2.26. The summed E-state index contributed by atoms with van der Waals surface area (Å²) in [6.45, 7) is 15.5. The number of hydrogen-bond donors (Lipinski definition) is 0. The zero-order valence-electron chi connectivity index (χ0n) is 32.0. The van der Waals surface area contributed by atoms with Gasteiger partial charge in [0.15, 0.2) is 0 Å². The van der Waals surface area contributed by atoms with Crippen LogP contribution >= 0.6 is 0 Å². The Morgan fingerprint density at radius 3 is 1.51 bits per heavy atom. The third-order valence-corrected chi connectivity index (χ3v) is 12.6. The molecule has 6 aromatic carbocycles. The Labute approximate surface area is 316 Å². The van der Waals surface area contributed by atoms with E-state index in [1.54, 1.807) is 0 Å². The summed E-state index contributed by atoms with van der Waals surface area (Å²) in [5.41, 5.74) is 17.4. The molecule has 0 saturated heterocycles. The van der Waals surface area contributed by atoms with Gasteiger partial charge in [0.25, 0.3) is 0 Å². The molecule has 3 aliphatic rings. The van der Waals surface area contributed by atoms with E-state index in [1.165, 1.54) is 77.5 Å². The van der Waals surface area contributed by atoms with Crippen molar-refractivity contribution in [3.05, 3.63) is 177 Å². The summed E-state index contributed by atoms with van der Waals surface area (Å²) in [6, 6.07) is 47.9. The van der Waals surface area contributed by atoms with Crippen molar-refractivity contribution in [2.75, 3.05) is 0 Å². The van der Waals surface area contributed by atoms with E-state index in [0.717, 1.165) is 58.5 Å². The van der Waals surface area contributed by atoms with Crippen LogP contribution in [0.5, 0.6) is 0 Å². The van der Waals surface area contributed by atoms with Crippen LogP contribution in [-0.2, 0) is 58.5 Å². The minimum absolute atomic E-state index is 0.411. The largest absolute Gasteiger partial charge is 0.292 e. The topological polar surface area (TPSA) is 9.72 Å². The Morgan fingerprint density at radius 1 is 0.415 bits per heavy atom. The SMILES string of the molecule is CC(C)N1Cc2cc(CC(C)N3Cc4ccccc4Cc4ccccc4C3)ccc2-c2cc(CC(C)N3Cc4cccc5cccc(c45)C3)ccc2C1. The lowest BCUT2D eigenvalue weighted by Gasteiger charge is -2.34. The molecule has 9 rings (SSSR count). The predicted molar refractivity (Wildman–Crippen MR) is 221 cm³/mol. The number of hydrogen-bond acceptors (Lipinski definition) is 3. The van der Waals surface area contributed by atoms with E-state index in [-0.39, 0.29) is 0 Å². The first-order valence-electron chi connectivity index (χ1n) is 20.0. The van der Waals surface area contributed by atoms with Gasteiger partial charge in [-0.2, -0.15) is 0 Å².